The van der Waals surface area contributed by atoms with Gasteiger partial charge in [-0.05, 0) is 50.0 Å². The fourth-order valence-electron chi connectivity index (χ4n) is 2.52. The van der Waals surface area contributed by atoms with Gasteiger partial charge in [0.15, 0.2) is 0 Å². The molecule has 0 radical (unpaired) electrons. The Hall–Kier alpha value is -1.20. The smallest absolute Gasteiger partial charge is 0.256 e. The molecule has 0 aromatic heterocycles. The van der Waals surface area contributed by atoms with Gasteiger partial charge in [-0.15, -0.1) is 12.4 Å². The van der Waals surface area contributed by atoms with Gasteiger partial charge in [-0.3, -0.25) is 4.79 Å². The maximum atomic E-state index is 13.6. The highest BCUT2D eigenvalue weighted by atomic mass is 35.5. The Labute approximate surface area is 130 Å². The van der Waals surface area contributed by atoms with Crippen molar-refractivity contribution in [2.75, 3.05) is 26.2 Å². The molecule has 1 amide bonds. The Morgan fingerprint density at radius 2 is 2.00 bits per heavy atom. The van der Waals surface area contributed by atoms with E-state index in [-0.39, 0.29) is 18.0 Å². The SMILES string of the molecule is CCNCC1CCN(C(=O)c2cc(F)ccc2F)CC1.Cl. The monoisotopic (exact) mass is 318 g/mol. The number of piperidine rings is 1. The van der Waals surface area contributed by atoms with Crippen molar-refractivity contribution in [1.82, 2.24) is 10.2 Å². The van der Waals surface area contributed by atoms with E-state index in [0.717, 1.165) is 44.1 Å². The number of carbonyl (C=O) groups is 1. The van der Waals surface area contributed by atoms with Gasteiger partial charge < -0.3 is 10.2 Å². The Morgan fingerprint density at radius 3 is 2.62 bits per heavy atom. The molecule has 0 bridgehead atoms. The van der Waals surface area contributed by atoms with Crippen molar-refractivity contribution in [2.45, 2.75) is 19.8 Å². The first kappa shape index (κ1) is 17.9. The fourth-order valence-corrected chi connectivity index (χ4v) is 2.52. The second kappa shape index (κ2) is 8.29. The standard InChI is InChI=1S/C15H20F2N2O.ClH/c1-2-18-10-11-5-7-19(8-6-11)15(20)13-9-12(16)3-4-14(13)17;/h3-4,9,11,18H,2,5-8,10H2,1H3;1H. The molecule has 1 fully saturated rings. The number of hydrogen-bond acceptors (Lipinski definition) is 2. The summed E-state index contributed by atoms with van der Waals surface area (Å²) in [5.41, 5.74) is -0.171. The first-order valence-corrected chi connectivity index (χ1v) is 7.07. The summed E-state index contributed by atoms with van der Waals surface area (Å²) in [5.74, 6) is -1.11. The molecule has 1 aliphatic heterocycles. The van der Waals surface area contributed by atoms with Crippen molar-refractivity contribution < 1.29 is 13.6 Å². The predicted octanol–water partition coefficient (Wildman–Crippen LogP) is 2.85. The minimum Gasteiger partial charge on any atom is -0.339 e. The van der Waals surface area contributed by atoms with Gasteiger partial charge in [0.1, 0.15) is 11.6 Å². The van der Waals surface area contributed by atoms with Crippen LogP contribution in [0.2, 0.25) is 0 Å². The number of hydrogen-bond donors (Lipinski definition) is 1. The van der Waals surface area contributed by atoms with Crippen molar-refractivity contribution in [3.8, 4) is 0 Å². The number of nitrogens with zero attached hydrogens (tertiary/aromatic N) is 1. The van der Waals surface area contributed by atoms with E-state index >= 15 is 0 Å². The van der Waals surface area contributed by atoms with Gasteiger partial charge in [0.05, 0.1) is 5.56 Å². The van der Waals surface area contributed by atoms with Gasteiger partial charge in [-0.25, -0.2) is 8.78 Å². The molecular formula is C15H21ClF2N2O. The van der Waals surface area contributed by atoms with Crippen molar-refractivity contribution in [3.05, 3.63) is 35.4 Å². The van der Waals surface area contributed by atoms with Gasteiger partial charge in [0.2, 0.25) is 0 Å². The molecule has 0 saturated carbocycles. The molecule has 1 N–H and O–H groups in total. The number of nitrogens with one attached hydrogen (secondary N) is 1. The minimum absolute atomic E-state index is 0. The quantitative estimate of drug-likeness (QED) is 0.926. The second-order valence-corrected chi connectivity index (χ2v) is 5.17. The highest BCUT2D eigenvalue weighted by molar-refractivity contribution is 5.94. The van der Waals surface area contributed by atoms with Crippen LogP contribution in [0.5, 0.6) is 0 Å². The number of likely N-dealkylation sites (tertiary alicyclic amines) is 1. The summed E-state index contributed by atoms with van der Waals surface area (Å²) in [4.78, 5) is 13.8. The van der Waals surface area contributed by atoms with E-state index in [4.69, 9.17) is 0 Å². The largest absolute Gasteiger partial charge is 0.339 e. The van der Waals surface area contributed by atoms with Crippen LogP contribution < -0.4 is 5.32 Å². The number of benzene rings is 1. The van der Waals surface area contributed by atoms with E-state index in [0.29, 0.717) is 19.0 Å². The summed E-state index contributed by atoms with van der Waals surface area (Å²) >= 11 is 0. The average Bonchev–Trinajstić information content (AvgIpc) is 2.47. The van der Waals surface area contributed by atoms with Crippen LogP contribution in [0.4, 0.5) is 8.78 Å². The molecule has 3 nitrogen and oxygen atoms in total. The van der Waals surface area contributed by atoms with Crippen LogP contribution >= 0.6 is 12.4 Å². The van der Waals surface area contributed by atoms with Crippen LogP contribution in [0.15, 0.2) is 18.2 Å². The number of halogens is 3. The predicted molar refractivity (Wildman–Crippen MR) is 80.8 cm³/mol. The molecule has 118 valence electrons. The summed E-state index contributed by atoms with van der Waals surface area (Å²) in [5, 5.41) is 3.30. The van der Waals surface area contributed by atoms with Gasteiger partial charge >= 0.3 is 0 Å². The Kier molecular flexibility index (Phi) is 7.05. The molecule has 1 aromatic rings. The highest BCUT2D eigenvalue weighted by Crippen LogP contribution is 2.20. The summed E-state index contributed by atoms with van der Waals surface area (Å²) in [7, 11) is 0. The lowest BCUT2D eigenvalue weighted by atomic mass is 9.96. The van der Waals surface area contributed by atoms with E-state index in [1.165, 1.54) is 0 Å². The Bertz CT molecular complexity index is 477. The van der Waals surface area contributed by atoms with Crippen molar-refractivity contribution in [2.24, 2.45) is 5.92 Å². The maximum Gasteiger partial charge on any atom is 0.256 e. The van der Waals surface area contributed by atoms with Crippen LogP contribution in [-0.2, 0) is 0 Å². The third-order valence-corrected chi connectivity index (χ3v) is 3.74. The minimum atomic E-state index is -0.661. The lowest BCUT2D eigenvalue weighted by molar-refractivity contribution is 0.0685. The van der Waals surface area contributed by atoms with Crippen LogP contribution in [0.25, 0.3) is 0 Å². The molecule has 0 unspecified atom stereocenters. The molecule has 0 spiro atoms. The van der Waals surface area contributed by atoms with E-state index in [9.17, 15) is 13.6 Å². The molecule has 0 aliphatic carbocycles. The molecule has 1 saturated heterocycles. The second-order valence-electron chi connectivity index (χ2n) is 5.17. The zero-order valence-corrected chi connectivity index (χ0v) is 12.9. The summed E-state index contributed by atoms with van der Waals surface area (Å²) in [6.45, 7) is 5.15. The van der Waals surface area contributed by atoms with Gasteiger partial charge in [0.25, 0.3) is 5.91 Å². The maximum absolute atomic E-state index is 13.6. The molecule has 0 atom stereocenters. The first-order chi connectivity index (χ1) is 9.61. The molecule has 21 heavy (non-hydrogen) atoms. The van der Waals surface area contributed by atoms with Crippen LogP contribution in [0.1, 0.15) is 30.1 Å². The van der Waals surface area contributed by atoms with E-state index in [2.05, 4.69) is 12.2 Å². The van der Waals surface area contributed by atoms with Gasteiger partial charge in [-0.1, -0.05) is 6.92 Å². The Balaban J connectivity index is 0.00000220. The summed E-state index contributed by atoms with van der Waals surface area (Å²) in [6, 6.07) is 3.00. The molecule has 2 rings (SSSR count). The van der Waals surface area contributed by atoms with Crippen molar-refractivity contribution in [3.63, 3.8) is 0 Å². The molecule has 6 heteroatoms. The fraction of sp³-hybridized carbons (Fsp3) is 0.533. The third kappa shape index (κ3) is 4.64. The zero-order valence-electron chi connectivity index (χ0n) is 12.1. The average molecular weight is 319 g/mol. The van der Waals surface area contributed by atoms with Crippen LogP contribution in [-0.4, -0.2) is 37.0 Å². The number of carbonyl (C=O) groups excluding carboxylic acids is 1. The zero-order chi connectivity index (χ0) is 14.5. The lowest BCUT2D eigenvalue weighted by Gasteiger charge is -2.32. The summed E-state index contributed by atoms with van der Waals surface area (Å²) < 4.78 is 26.7. The molecule has 1 heterocycles. The van der Waals surface area contributed by atoms with Gasteiger partial charge in [-0.2, -0.15) is 0 Å². The summed E-state index contributed by atoms with van der Waals surface area (Å²) in [6.07, 6.45) is 1.80. The normalized spacial score (nSPS) is 15.7. The molecule has 1 aliphatic rings. The van der Waals surface area contributed by atoms with Gasteiger partial charge in [0, 0.05) is 13.1 Å². The highest BCUT2D eigenvalue weighted by Gasteiger charge is 2.25. The van der Waals surface area contributed by atoms with Crippen molar-refractivity contribution >= 4 is 18.3 Å². The van der Waals surface area contributed by atoms with Crippen LogP contribution in [0.3, 0.4) is 0 Å². The Morgan fingerprint density at radius 1 is 1.33 bits per heavy atom. The van der Waals surface area contributed by atoms with E-state index in [1.807, 2.05) is 0 Å². The lowest BCUT2D eigenvalue weighted by Crippen LogP contribution is -2.41. The topological polar surface area (TPSA) is 32.3 Å². The van der Waals surface area contributed by atoms with E-state index < -0.39 is 17.5 Å². The van der Waals surface area contributed by atoms with E-state index in [1.54, 1.807) is 4.90 Å². The van der Waals surface area contributed by atoms with Crippen LogP contribution in [0, 0.1) is 17.6 Å². The third-order valence-electron chi connectivity index (χ3n) is 3.74. The van der Waals surface area contributed by atoms with Crippen molar-refractivity contribution in [1.29, 1.82) is 0 Å². The molecule has 1 aromatic carbocycles. The number of rotatable bonds is 4. The number of amides is 1. The molecular weight excluding hydrogens is 298 g/mol. The first-order valence-electron chi connectivity index (χ1n) is 7.07.